The van der Waals surface area contributed by atoms with Crippen molar-refractivity contribution in [2.45, 2.75) is 19.0 Å². The van der Waals surface area contributed by atoms with Gasteiger partial charge in [0.15, 0.2) is 11.5 Å². The molecule has 7 heteroatoms. The number of nitrogens with zero attached hydrogens (tertiary/aromatic N) is 1. The first-order valence-corrected chi connectivity index (χ1v) is 16.0. The zero-order valence-corrected chi connectivity index (χ0v) is 31.7. The summed E-state index contributed by atoms with van der Waals surface area (Å²) in [5, 5.41) is 4.53. The average molecular weight is 837 g/mol. The fourth-order valence-electron chi connectivity index (χ4n) is 6.31. The first-order chi connectivity index (χ1) is 21.6. The first kappa shape index (κ1) is 38.5. The van der Waals surface area contributed by atoms with E-state index in [1.54, 1.807) is 14.2 Å². The van der Waals surface area contributed by atoms with Crippen molar-refractivity contribution in [1.82, 2.24) is 4.67 Å². The van der Waals surface area contributed by atoms with Crippen molar-refractivity contribution in [3.63, 3.8) is 0 Å². The summed E-state index contributed by atoms with van der Waals surface area (Å²) >= 11 is 0. The molecule has 0 amide bonds. The summed E-state index contributed by atoms with van der Waals surface area (Å²) in [6.45, 7) is 6.86. The molecule has 0 fully saturated rings. The summed E-state index contributed by atoms with van der Waals surface area (Å²) in [5.74, 6) is 3.14. The van der Waals surface area contributed by atoms with Gasteiger partial charge in [0, 0.05) is 36.8 Å². The molecule has 1 heterocycles. The van der Waals surface area contributed by atoms with E-state index in [0.717, 1.165) is 66.8 Å². The third kappa shape index (κ3) is 6.81. The molecule has 0 unspecified atom stereocenters. The Kier molecular flexibility index (Phi) is 13.2. The van der Waals surface area contributed by atoms with Crippen molar-refractivity contribution >= 4 is 30.1 Å². The zero-order chi connectivity index (χ0) is 30.2. The summed E-state index contributed by atoms with van der Waals surface area (Å²) in [6, 6.07) is 40.9. The molecule has 0 saturated heterocycles. The van der Waals surface area contributed by atoms with Crippen molar-refractivity contribution < 1.29 is 38.6 Å². The Bertz CT molecular complexity index is 1840. The minimum absolute atomic E-state index is 0. The van der Waals surface area contributed by atoms with Gasteiger partial charge in [-0.25, -0.2) is 0 Å². The van der Waals surface area contributed by atoms with Gasteiger partial charge >= 0.3 is 8.53 Å². The van der Waals surface area contributed by atoms with Crippen LogP contribution in [0.3, 0.4) is 0 Å². The third-order valence-electron chi connectivity index (χ3n) is 8.48. The normalized spacial score (nSPS) is 13.0. The predicted octanol–water partition coefficient (Wildman–Crippen LogP) is 11.4. The number of methoxy groups -OCH3 is 2. The maximum atomic E-state index is 7.07. The van der Waals surface area contributed by atoms with Crippen LogP contribution in [0.1, 0.15) is 30.1 Å². The summed E-state index contributed by atoms with van der Waals surface area (Å²) in [4.78, 5) is 0. The molecule has 48 heavy (non-hydrogen) atoms. The Hall–Kier alpha value is -3.92. The Morgan fingerprint density at radius 1 is 0.583 bits per heavy atom. The summed E-state index contributed by atoms with van der Waals surface area (Å²) in [7, 11) is 1.13. The zero-order valence-electron chi connectivity index (χ0n) is 28.3. The van der Waals surface area contributed by atoms with Crippen molar-refractivity contribution in [3.8, 4) is 34.1 Å². The van der Waals surface area contributed by atoms with Gasteiger partial charge in [-0.1, -0.05) is 97.1 Å². The van der Waals surface area contributed by atoms with Crippen LogP contribution in [0.5, 0.6) is 23.0 Å². The number of rotatable bonds is 7. The molecule has 0 saturated carbocycles. The topological polar surface area (TPSA) is 40.2 Å². The van der Waals surface area contributed by atoms with E-state index in [0.29, 0.717) is 0 Å². The van der Waals surface area contributed by atoms with Crippen LogP contribution in [-0.2, 0) is 20.1 Å². The Balaban J connectivity index is 0.00000156. The van der Waals surface area contributed by atoms with Gasteiger partial charge in [-0.05, 0) is 64.3 Å². The van der Waals surface area contributed by atoms with Gasteiger partial charge in [-0.3, -0.25) is 9.05 Å². The van der Waals surface area contributed by atoms with Gasteiger partial charge < -0.3 is 38.7 Å². The molecule has 6 aromatic rings. The molecule has 2 atom stereocenters. The number of benzene rings is 6. The molecule has 6 aromatic carbocycles. The molecule has 1 aliphatic rings. The van der Waals surface area contributed by atoms with Crippen LogP contribution in [0, 0.1) is 29.2 Å². The van der Waals surface area contributed by atoms with Gasteiger partial charge in [-0.15, -0.1) is 4.67 Å². The van der Waals surface area contributed by atoms with E-state index in [4.69, 9.17) is 25.4 Å². The second kappa shape index (κ2) is 16.5. The monoisotopic (exact) mass is 837 g/mol. The number of hydrogen-bond acceptors (Lipinski definition) is 5. The van der Waals surface area contributed by atoms with E-state index in [2.05, 4.69) is 96.5 Å². The standard InChI is InChI=1S/C38H33NO4P.3CH3.Ir/c1-25(29-15-9-11-19-33(29)40-3)39(26(2)30-16-10-12-20-34(30)41-4)44-42-35-23-21-27-13-5-7-17-31(27)37(35)38-32-18-8-6-14-28(32)22-24-36(38)43-44;;;;/h5-26H,1H2,2-4H3;3*1H3;/q4*-1;/p+1/t25-,26+;;;;/m1..../s1. The Morgan fingerprint density at radius 3 is 1.50 bits per heavy atom. The van der Waals surface area contributed by atoms with Crippen LogP contribution in [0.25, 0.3) is 32.7 Å². The number of ether oxygens (including phenoxy) is 2. The first-order valence-electron chi connectivity index (χ1n) is 14.7. The quantitative estimate of drug-likeness (QED) is 0.118. The number of para-hydroxylation sites is 2. The molecule has 253 valence electrons. The van der Waals surface area contributed by atoms with E-state index >= 15 is 0 Å². The van der Waals surface area contributed by atoms with E-state index in [-0.39, 0.29) is 54.5 Å². The van der Waals surface area contributed by atoms with E-state index in [9.17, 15) is 0 Å². The molecule has 0 bridgehead atoms. The molecule has 5 nitrogen and oxygen atoms in total. The van der Waals surface area contributed by atoms with Gasteiger partial charge in [-0.2, -0.15) is 0 Å². The minimum Gasteiger partial charge on any atom is -0.497 e. The molecular formula is C41H43IrNO4P-3. The summed E-state index contributed by atoms with van der Waals surface area (Å²) in [5.41, 5.74) is 4.04. The van der Waals surface area contributed by atoms with Crippen molar-refractivity contribution in [2.75, 3.05) is 14.2 Å². The number of fused-ring (bicyclic) bond motifs is 7. The molecule has 1 aliphatic heterocycles. The van der Waals surface area contributed by atoms with Crippen molar-refractivity contribution in [1.29, 1.82) is 0 Å². The maximum Gasteiger partial charge on any atom is 0.425 e. The Morgan fingerprint density at radius 2 is 1.00 bits per heavy atom. The van der Waals surface area contributed by atoms with Gasteiger partial charge in [0.2, 0.25) is 0 Å². The minimum atomic E-state index is -2.26. The molecule has 0 spiro atoms. The van der Waals surface area contributed by atoms with Crippen molar-refractivity contribution in [2.24, 2.45) is 0 Å². The van der Waals surface area contributed by atoms with Crippen LogP contribution < -0.4 is 18.5 Å². The van der Waals surface area contributed by atoms with Gasteiger partial charge in [0.25, 0.3) is 0 Å². The van der Waals surface area contributed by atoms with Crippen LogP contribution in [0.2, 0.25) is 0 Å². The molecule has 1 radical (unpaired) electrons. The molecule has 0 N–H and O–H groups in total. The fourth-order valence-corrected chi connectivity index (χ4v) is 8.13. The smallest absolute Gasteiger partial charge is 0.425 e. The van der Waals surface area contributed by atoms with E-state index in [1.807, 2.05) is 36.4 Å². The Labute approximate surface area is 301 Å². The summed E-state index contributed by atoms with van der Waals surface area (Å²) in [6.07, 6.45) is 0. The number of hydrogen-bond donors (Lipinski definition) is 0. The van der Waals surface area contributed by atoms with Gasteiger partial charge in [0.1, 0.15) is 11.5 Å². The van der Waals surface area contributed by atoms with E-state index < -0.39 is 8.53 Å². The van der Waals surface area contributed by atoms with Crippen molar-refractivity contribution in [3.05, 3.63) is 162 Å². The van der Waals surface area contributed by atoms with Crippen LogP contribution in [-0.4, -0.2) is 18.9 Å². The molecular weight excluding hydrogens is 794 g/mol. The molecule has 7 rings (SSSR count). The van der Waals surface area contributed by atoms with Crippen LogP contribution >= 0.6 is 8.53 Å². The molecule has 0 aromatic heterocycles. The van der Waals surface area contributed by atoms with Crippen LogP contribution in [0.4, 0.5) is 0 Å². The average Bonchev–Trinajstić information content (AvgIpc) is 3.25. The maximum absolute atomic E-state index is 7.07. The van der Waals surface area contributed by atoms with Gasteiger partial charge in [0.05, 0.1) is 20.3 Å². The largest absolute Gasteiger partial charge is 0.497 e. The predicted molar refractivity (Wildman–Crippen MR) is 200 cm³/mol. The van der Waals surface area contributed by atoms with E-state index in [1.165, 1.54) is 0 Å². The third-order valence-corrected chi connectivity index (χ3v) is 10.4. The second-order valence-corrected chi connectivity index (χ2v) is 12.3. The SMILES string of the molecule is [CH2-][C@H](c1ccccc1OC)N([C@@H](C)c1ccccc1OC)[PH+]1Oc2ccc3ccccc3c2-c2c(ccc3ccccc23)O1.[CH3-].[CH3-].[CH3-].[Ir]. The molecule has 0 aliphatic carbocycles. The van der Waals surface area contributed by atoms with Crippen LogP contribution in [0.15, 0.2) is 121 Å². The second-order valence-electron chi connectivity index (χ2n) is 10.9. The summed E-state index contributed by atoms with van der Waals surface area (Å²) < 4.78 is 28.0. The fraction of sp³-hybridized carbons (Fsp3) is 0.122.